The van der Waals surface area contributed by atoms with Crippen LogP contribution in [0, 0.1) is 12.3 Å². The summed E-state index contributed by atoms with van der Waals surface area (Å²) in [7, 11) is 0. The second-order valence-electron chi connectivity index (χ2n) is 5.78. The fourth-order valence-corrected chi connectivity index (χ4v) is 2.38. The van der Waals surface area contributed by atoms with Crippen molar-refractivity contribution in [3.05, 3.63) is 0 Å². The van der Waals surface area contributed by atoms with E-state index >= 15 is 0 Å². The Morgan fingerprint density at radius 3 is 2.21 bits per heavy atom. The Kier molecular flexibility index (Phi) is 9.37. The van der Waals surface area contributed by atoms with E-state index in [1.54, 1.807) is 0 Å². The maximum Gasteiger partial charge on any atom is 0.303 e. The zero-order valence-corrected chi connectivity index (χ0v) is 15.7. The normalized spacial score (nSPS) is 26.5. The Balaban J connectivity index is 2.97. The first-order chi connectivity index (χ1) is 13.1. The van der Waals surface area contributed by atoms with Gasteiger partial charge in [0.15, 0.2) is 18.5 Å². The number of nitrogens with one attached hydrogen (secondary N) is 1. The van der Waals surface area contributed by atoms with Crippen LogP contribution in [0.25, 0.3) is 0 Å². The fraction of sp³-hybridized carbons (Fsp3) is 0.647. The molecule has 1 aliphatic rings. The molecule has 1 fully saturated rings. The molecule has 1 aliphatic heterocycles. The quantitative estimate of drug-likeness (QED) is 0.273. The molecule has 0 bridgehead atoms. The number of aliphatic hydroxyl groups excluding tert-OH is 1. The van der Waals surface area contributed by atoms with Crippen LogP contribution in [0.15, 0.2) is 0 Å². The number of amides is 1. The molecule has 0 aliphatic carbocycles. The van der Waals surface area contributed by atoms with E-state index in [-0.39, 0.29) is 13.2 Å². The van der Waals surface area contributed by atoms with E-state index in [9.17, 15) is 24.3 Å². The van der Waals surface area contributed by atoms with Crippen LogP contribution >= 0.6 is 0 Å². The second kappa shape index (κ2) is 11.2. The van der Waals surface area contributed by atoms with Crippen molar-refractivity contribution in [3.63, 3.8) is 0 Å². The van der Waals surface area contributed by atoms with Gasteiger partial charge in [-0.25, -0.2) is 0 Å². The van der Waals surface area contributed by atoms with E-state index in [2.05, 4.69) is 11.2 Å². The van der Waals surface area contributed by atoms with Crippen molar-refractivity contribution in [1.29, 1.82) is 0 Å². The van der Waals surface area contributed by atoms with Crippen molar-refractivity contribution in [1.82, 2.24) is 5.32 Å². The number of carbonyl (C=O) groups is 4. The number of terminal acetylenes is 1. The first-order valence-electron chi connectivity index (χ1n) is 8.28. The predicted molar refractivity (Wildman–Crippen MR) is 90.2 cm³/mol. The molecule has 0 saturated carbocycles. The summed E-state index contributed by atoms with van der Waals surface area (Å²) in [6, 6.07) is 0. The highest BCUT2D eigenvalue weighted by atomic mass is 16.7. The average molecular weight is 401 g/mol. The van der Waals surface area contributed by atoms with Gasteiger partial charge < -0.3 is 34.1 Å². The number of ether oxygens (including phenoxy) is 5. The lowest BCUT2D eigenvalue weighted by molar-refractivity contribution is -0.304. The largest absolute Gasteiger partial charge is 0.463 e. The lowest BCUT2D eigenvalue weighted by Gasteiger charge is -2.42. The molecular formula is C17H23NO10. The lowest BCUT2D eigenvalue weighted by atomic mass is 9.98. The molecule has 1 amide bonds. The van der Waals surface area contributed by atoms with E-state index in [0.717, 1.165) is 20.8 Å². The van der Waals surface area contributed by atoms with Gasteiger partial charge in [0.25, 0.3) is 0 Å². The molecule has 0 aromatic rings. The second-order valence-corrected chi connectivity index (χ2v) is 5.78. The van der Waals surface area contributed by atoms with Crippen LogP contribution in [0.5, 0.6) is 0 Å². The Morgan fingerprint density at radius 1 is 1.07 bits per heavy atom. The van der Waals surface area contributed by atoms with E-state index in [0.29, 0.717) is 0 Å². The minimum atomic E-state index is -1.60. The van der Waals surface area contributed by atoms with E-state index in [4.69, 9.17) is 30.1 Å². The molecule has 1 rings (SSSR count). The molecule has 2 N–H and O–H groups in total. The Morgan fingerprint density at radius 2 is 1.68 bits per heavy atom. The van der Waals surface area contributed by atoms with E-state index < -0.39 is 61.1 Å². The van der Waals surface area contributed by atoms with Crippen molar-refractivity contribution >= 4 is 23.8 Å². The van der Waals surface area contributed by atoms with Gasteiger partial charge in [-0.1, -0.05) is 5.92 Å². The van der Waals surface area contributed by atoms with Crippen molar-refractivity contribution in [2.75, 3.05) is 19.8 Å². The van der Waals surface area contributed by atoms with Crippen LogP contribution in [0.4, 0.5) is 0 Å². The van der Waals surface area contributed by atoms with E-state index in [1.807, 2.05) is 0 Å². The molecule has 1 heterocycles. The smallest absolute Gasteiger partial charge is 0.303 e. The molecule has 11 heteroatoms. The van der Waals surface area contributed by atoms with Crippen molar-refractivity contribution in [2.45, 2.75) is 51.5 Å². The van der Waals surface area contributed by atoms with Gasteiger partial charge in [-0.15, -0.1) is 6.42 Å². The van der Waals surface area contributed by atoms with Crippen molar-refractivity contribution < 1.29 is 48.0 Å². The first kappa shape index (κ1) is 23.4. The summed E-state index contributed by atoms with van der Waals surface area (Å²) < 4.78 is 25.8. The third kappa shape index (κ3) is 7.51. The van der Waals surface area contributed by atoms with Crippen LogP contribution in [0.2, 0.25) is 0 Å². The monoisotopic (exact) mass is 401 g/mol. The topological polar surface area (TPSA) is 147 Å². The minimum absolute atomic E-state index is 0.0179. The van der Waals surface area contributed by atoms with Gasteiger partial charge in [-0.05, 0) is 0 Å². The molecule has 5 atom stereocenters. The predicted octanol–water partition coefficient (Wildman–Crippen LogP) is -1.74. The standard InChI is InChI=1S/C17H23NO10/c1-5-6-18-13(22)8-25-17-14(23)16(27-11(4)21)15(26-10(3)20)12(28-17)7-24-9(2)19/h1,12,14-17,23H,6-8H2,2-4H3,(H,18,22)/t12-,14-,15+,16-,17+/m1/s1. The van der Waals surface area contributed by atoms with Gasteiger partial charge in [0.05, 0.1) is 6.54 Å². The Hall–Kier alpha value is -2.68. The highest BCUT2D eigenvalue weighted by Gasteiger charge is 2.50. The molecule has 0 radical (unpaired) electrons. The van der Waals surface area contributed by atoms with Gasteiger partial charge in [-0.3, -0.25) is 19.2 Å². The number of carbonyl (C=O) groups excluding carboxylic acids is 4. The summed E-state index contributed by atoms with van der Waals surface area (Å²) in [6.45, 7) is 2.45. The van der Waals surface area contributed by atoms with Crippen LogP contribution in [-0.4, -0.2) is 79.4 Å². The van der Waals surface area contributed by atoms with Crippen molar-refractivity contribution in [2.24, 2.45) is 0 Å². The maximum atomic E-state index is 11.6. The zero-order chi connectivity index (χ0) is 21.3. The van der Waals surface area contributed by atoms with Crippen LogP contribution < -0.4 is 5.32 Å². The SMILES string of the molecule is C#CCNC(=O)CO[C@H]1O[C@H](COC(C)=O)[C@H](OC(C)=O)[C@H](OC(C)=O)[C@H]1O. The lowest BCUT2D eigenvalue weighted by Crippen LogP contribution is -2.62. The molecular weight excluding hydrogens is 378 g/mol. The van der Waals surface area contributed by atoms with Gasteiger partial charge in [0.1, 0.15) is 25.4 Å². The number of hydrogen-bond acceptors (Lipinski definition) is 10. The van der Waals surface area contributed by atoms with Crippen LogP contribution in [0.3, 0.4) is 0 Å². The van der Waals surface area contributed by atoms with Gasteiger partial charge in [0.2, 0.25) is 5.91 Å². The van der Waals surface area contributed by atoms with Gasteiger partial charge in [-0.2, -0.15) is 0 Å². The highest BCUT2D eigenvalue weighted by molar-refractivity contribution is 5.77. The Labute approximate surface area is 161 Å². The third-order valence-corrected chi connectivity index (χ3v) is 3.44. The third-order valence-electron chi connectivity index (χ3n) is 3.44. The van der Waals surface area contributed by atoms with Gasteiger partial charge >= 0.3 is 17.9 Å². The molecule has 0 unspecified atom stereocenters. The molecule has 0 spiro atoms. The average Bonchev–Trinajstić information content (AvgIpc) is 2.60. The summed E-state index contributed by atoms with van der Waals surface area (Å²) in [5, 5.41) is 12.8. The van der Waals surface area contributed by atoms with Crippen LogP contribution in [0.1, 0.15) is 20.8 Å². The van der Waals surface area contributed by atoms with E-state index in [1.165, 1.54) is 0 Å². The molecule has 11 nitrogen and oxygen atoms in total. The summed E-state index contributed by atoms with van der Waals surface area (Å²) in [5.74, 6) is -0.497. The van der Waals surface area contributed by atoms with Crippen LogP contribution in [-0.2, 0) is 42.9 Å². The number of esters is 3. The van der Waals surface area contributed by atoms with Crippen molar-refractivity contribution in [3.8, 4) is 12.3 Å². The number of rotatable bonds is 8. The first-order valence-corrected chi connectivity index (χ1v) is 8.28. The summed E-state index contributed by atoms with van der Waals surface area (Å²) in [6.07, 6.45) is -1.78. The molecule has 1 saturated heterocycles. The molecule has 156 valence electrons. The molecule has 0 aromatic carbocycles. The number of hydrogen-bond donors (Lipinski definition) is 2. The molecule has 0 aromatic heterocycles. The summed E-state index contributed by atoms with van der Waals surface area (Å²) in [4.78, 5) is 45.6. The summed E-state index contributed by atoms with van der Waals surface area (Å²) >= 11 is 0. The Bertz CT molecular complexity index is 628. The number of aliphatic hydroxyl groups is 1. The minimum Gasteiger partial charge on any atom is -0.463 e. The zero-order valence-electron chi connectivity index (χ0n) is 15.7. The highest BCUT2D eigenvalue weighted by Crippen LogP contribution is 2.27. The van der Waals surface area contributed by atoms with Gasteiger partial charge in [0, 0.05) is 20.8 Å². The fourth-order valence-electron chi connectivity index (χ4n) is 2.38. The molecule has 28 heavy (non-hydrogen) atoms. The maximum absolute atomic E-state index is 11.6. The summed E-state index contributed by atoms with van der Waals surface area (Å²) in [5.41, 5.74) is 0.